The Morgan fingerprint density at radius 3 is 2.36 bits per heavy atom. The van der Waals surface area contributed by atoms with Crippen LogP contribution in [0.5, 0.6) is 11.5 Å². The number of nitrogens with zero attached hydrogens (tertiary/aromatic N) is 1. The van der Waals surface area contributed by atoms with Gasteiger partial charge in [-0.1, -0.05) is 0 Å². The number of furan rings is 1. The lowest BCUT2D eigenvalue weighted by atomic mass is 10.1. The van der Waals surface area contributed by atoms with E-state index in [1.54, 1.807) is 49.6 Å². The summed E-state index contributed by atoms with van der Waals surface area (Å²) in [6.07, 6.45) is 3.02. The van der Waals surface area contributed by atoms with Gasteiger partial charge >= 0.3 is 0 Å². The largest absolute Gasteiger partial charge is 0.497 e. The second-order valence-electron chi connectivity index (χ2n) is 5.77. The predicted octanol–water partition coefficient (Wildman–Crippen LogP) is 4.67. The lowest BCUT2D eigenvalue weighted by Crippen LogP contribution is -1.94. The highest BCUT2D eigenvalue weighted by Crippen LogP contribution is 2.19. The van der Waals surface area contributed by atoms with Crippen LogP contribution >= 0.6 is 0 Å². The molecular formula is C21H17NO6. The molecule has 7 nitrogen and oxygen atoms in total. The zero-order valence-electron chi connectivity index (χ0n) is 15.0. The maximum atomic E-state index is 12.2. The number of carbonyl (C=O) groups is 1. The van der Waals surface area contributed by atoms with E-state index in [1.165, 1.54) is 30.3 Å². The molecule has 142 valence electrons. The molecule has 0 fully saturated rings. The molecule has 0 aliphatic rings. The molecular weight excluding hydrogens is 362 g/mol. The van der Waals surface area contributed by atoms with Crippen LogP contribution in [0.2, 0.25) is 0 Å². The highest BCUT2D eigenvalue weighted by atomic mass is 16.6. The van der Waals surface area contributed by atoms with Crippen LogP contribution in [0.1, 0.15) is 21.9 Å². The van der Waals surface area contributed by atoms with Gasteiger partial charge in [-0.2, -0.15) is 0 Å². The van der Waals surface area contributed by atoms with Gasteiger partial charge in [-0.05, 0) is 60.7 Å². The molecule has 3 rings (SSSR count). The quantitative estimate of drug-likeness (QED) is 0.244. The summed E-state index contributed by atoms with van der Waals surface area (Å²) in [4.78, 5) is 22.3. The van der Waals surface area contributed by atoms with Crippen LogP contribution in [0.15, 0.2) is 71.2 Å². The Morgan fingerprint density at radius 2 is 1.71 bits per heavy atom. The molecule has 0 aliphatic heterocycles. The first-order chi connectivity index (χ1) is 13.5. The van der Waals surface area contributed by atoms with Crippen molar-refractivity contribution in [3.8, 4) is 11.5 Å². The highest BCUT2D eigenvalue weighted by molar-refractivity contribution is 6.06. The predicted molar refractivity (Wildman–Crippen MR) is 102 cm³/mol. The van der Waals surface area contributed by atoms with Gasteiger partial charge in [-0.3, -0.25) is 14.9 Å². The van der Waals surface area contributed by atoms with Crippen molar-refractivity contribution >= 4 is 17.5 Å². The first-order valence-electron chi connectivity index (χ1n) is 8.37. The zero-order chi connectivity index (χ0) is 19.9. The summed E-state index contributed by atoms with van der Waals surface area (Å²) in [5, 5.41) is 10.6. The van der Waals surface area contributed by atoms with E-state index in [4.69, 9.17) is 13.9 Å². The molecule has 0 bridgehead atoms. The highest BCUT2D eigenvalue weighted by Gasteiger charge is 2.06. The Labute approximate surface area is 161 Å². The fourth-order valence-corrected chi connectivity index (χ4v) is 2.39. The number of ether oxygens (including phenoxy) is 2. The monoisotopic (exact) mass is 379 g/mol. The van der Waals surface area contributed by atoms with Crippen molar-refractivity contribution in [3.63, 3.8) is 0 Å². The van der Waals surface area contributed by atoms with E-state index in [-0.39, 0.29) is 18.1 Å². The van der Waals surface area contributed by atoms with Crippen molar-refractivity contribution in [2.75, 3.05) is 7.11 Å². The van der Waals surface area contributed by atoms with Gasteiger partial charge in [0.15, 0.2) is 5.78 Å². The minimum Gasteiger partial charge on any atom is -0.497 e. The summed E-state index contributed by atoms with van der Waals surface area (Å²) in [6, 6.07) is 16.1. The van der Waals surface area contributed by atoms with Gasteiger partial charge in [0, 0.05) is 17.7 Å². The van der Waals surface area contributed by atoms with Crippen molar-refractivity contribution < 1.29 is 23.6 Å². The molecule has 0 spiro atoms. The van der Waals surface area contributed by atoms with Crippen LogP contribution in [0.3, 0.4) is 0 Å². The van der Waals surface area contributed by atoms with E-state index in [9.17, 15) is 14.9 Å². The van der Waals surface area contributed by atoms with Gasteiger partial charge in [0.2, 0.25) is 0 Å². The number of rotatable bonds is 8. The molecule has 28 heavy (non-hydrogen) atoms. The smallest absolute Gasteiger partial charge is 0.269 e. The molecule has 0 amide bonds. The molecule has 0 atom stereocenters. The molecule has 0 unspecified atom stereocenters. The van der Waals surface area contributed by atoms with Crippen molar-refractivity contribution in [2.24, 2.45) is 0 Å². The van der Waals surface area contributed by atoms with Crippen molar-refractivity contribution in [2.45, 2.75) is 6.61 Å². The first-order valence-corrected chi connectivity index (χ1v) is 8.37. The normalized spacial score (nSPS) is 10.8. The molecule has 0 saturated heterocycles. The minimum atomic E-state index is -0.470. The Morgan fingerprint density at radius 1 is 1.04 bits per heavy atom. The molecule has 3 aromatic rings. The minimum absolute atomic E-state index is 0.000649. The molecule has 0 saturated carbocycles. The number of allylic oxidation sites excluding steroid dienone is 1. The van der Waals surface area contributed by atoms with E-state index >= 15 is 0 Å². The van der Waals surface area contributed by atoms with Gasteiger partial charge in [0.05, 0.1) is 12.0 Å². The summed E-state index contributed by atoms with van der Waals surface area (Å²) < 4.78 is 16.2. The second kappa shape index (κ2) is 8.68. The number of hydrogen-bond donors (Lipinski definition) is 0. The van der Waals surface area contributed by atoms with E-state index in [2.05, 4.69) is 0 Å². The molecule has 0 N–H and O–H groups in total. The Bertz CT molecular complexity index is 986. The van der Waals surface area contributed by atoms with Crippen molar-refractivity contribution in [1.29, 1.82) is 0 Å². The van der Waals surface area contributed by atoms with Crippen LogP contribution < -0.4 is 9.47 Å². The summed E-state index contributed by atoms with van der Waals surface area (Å²) in [6.45, 7) is 0.165. The number of non-ortho nitro benzene ring substituents is 1. The average Bonchev–Trinajstić information content (AvgIpc) is 3.18. The molecule has 1 heterocycles. The van der Waals surface area contributed by atoms with Gasteiger partial charge in [-0.15, -0.1) is 0 Å². The molecule has 7 heteroatoms. The Hall–Kier alpha value is -3.87. The summed E-state index contributed by atoms with van der Waals surface area (Å²) in [7, 11) is 1.57. The molecule has 1 aromatic heterocycles. The third-order valence-corrected chi connectivity index (χ3v) is 3.88. The zero-order valence-corrected chi connectivity index (χ0v) is 15.0. The Balaban J connectivity index is 1.56. The third-order valence-electron chi connectivity index (χ3n) is 3.88. The number of hydrogen-bond acceptors (Lipinski definition) is 6. The first kappa shape index (κ1) is 18.9. The van der Waals surface area contributed by atoms with Crippen LogP contribution in [-0.4, -0.2) is 17.8 Å². The number of ketones is 1. The maximum absolute atomic E-state index is 12.2. The summed E-state index contributed by atoms with van der Waals surface area (Å²) in [5.41, 5.74) is 0.546. The van der Waals surface area contributed by atoms with E-state index < -0.39 is 4.92 Å². The SMILES string of the molecule is COc1ccc(C(=O)/C=C/c2ccc(COc3ccc([N+](=O)[O-])cc3)o2)cc1. The van der Waals surface area contributed by atoms with Crippen LogP contribution in [0.25, 0.3) is 6.08 Å². The number of nitro groups is 1. The van der Waals surface area contributed by atoms with Gasteiger partial charge in [-0.25, -0.2) is 0 Å². The van der Waals surface area contributed by atoms with Crippen LogP contribution in [-0.2, 0) is 6.61 Å². The van der Waals surface area contributed by atoms with Crippen LogP contribution in [0, 0.1) is 10.1 Å². The number of benzene rings is 2. The molecule has 0 radical (unpaired) electrons. The molecule has 0 aliphatic carbocycles. The Kier molecular flexibility index (Phi) is 5.86. The van der Waals surface area contributed by atoms with Crippen LogP contribution in [0.4, 0.5) is 5.69 Å². The lowest BCUT2D eigenvalue weighted by molar-refractivity contribution is -0.384. The fraction of sp³-hybridized carbons (Fsp3) is 0.0952. The second-order valence-corrected chi connectivity index (χ2v) is 5.77. The maximum Gasteiger partial charge on any atom is 0.269 e. The lowest BCUT2D eigenvalue weighted by Gasteiger charge is -2.03. The number of methoxy groups -OCH3 is 1. The summed E-state index contributed by atoms with van der Waals surface area (Å²) >= 11 is 0. The summed E-state index contributed by atoms with van der Waals surface area (Å²) in [5.74, 6) is 2.11. The van der Waals surface area contributed by atoms with E-state index in [0.29, 0.717) is 28.6 Å². The van der Waals surface area contributed by atoms with Crippen molar-refractivity contribution in [1.82, 2.24) is 0 Å². The van der Waals surface area contributed by atoms with E-state index in [1.807, 2.05) is 0 Å². The molecule has 2 aromatic carbocycles. The van der Waals surface area contributed by atoms with E-state index in [0.717, 1.165) is 0 Å². The standard InChI is InChI=1S/C21H17NO6/c1-26-17-6-2-15(3-7-17)21(23)13-12-19-10-11-20(28-19)14-27-18-8-4-16(5-9-18)22(24)25/h2-13H,14H2,1H3/b13-12+. The number of carbonyl (C=O) groups excluding carboxylic acids is 1. The average molecular weight is 379 g/mol. The van der Waals surface area contributed by atoms with Gasteiger partial charge < -0.3 is 13.9 Å². The number of nitro benzene ring substituents is 1. The van der Waals surface area contributed by atoms with Crippen molar-refractivity contribution in [3.05, 3.63) is 93.9 Å². The third kappa shape index (κ3) is 4.85. The van der Waals surface area contributed by atoms with Gasteiger partial charge in [0.25, 0.3) is 5.69 Å². The van der Waals surface area contributed by atoms with Gasteiger partial charge in [0.1, 0.15) is 29.6 Å². The topological polar surface area (TPSA) is 91.8 Å². The fourth-order valence-electron chi connectivity index (χ4n) is 2.39.